The van der Waals surface area contributed by atoms with Crippen molar-refractivity contribution < 1.29 is 17.2 Å². The first-order valence-electron chi connectivity index (χ1n) is 10.2. The minimum absolute atomic E-state index is 0.0654. The van der Waals surface area contributed by atoms with Crippen molar-refractivity contribution in [2.75, 3.05) is 43.9 Å². The monoisotopic (exact) mass is 477 g/mol. The van der Waals surface area contributed by atoms with Crippen LogP contribution in [-0.2, 0) is 22.9 Å². The summed E-state index contributed by atoms with van der Waals surface area (Å²) in [6.07, 6.45) is 1.76. The van der Waals surface area contributed by atoms with Gasteiger partial charge in [-0.05, 0) is 67.4 Å². The molecule has 0 atom stereocenters. The van der Waals surface area contributed by atoms with Gasteiger partial charge in [0.25, 0.3) is 10.0 Å². The third kappa shape index (κ3) is 4.65. The van der Waals surface area contributed by atoms with Crippen LogP contribution in [0.1, 0.15) is 11.1 Å². The van der Waals surface area contributed by atoms with Gasteiger partial charge in [0.1, 0.15) is 15.8 Å². The van der Waals surface area contributed by atoms with E-state index in [4.69, 9.17) is 0 Å². The van der Waals surface area contributed by atoms with E-state index in [2.05, 4.69) is 22.7 Å². The molecule has 5 nitrogen and oxygen atoms in total. The molecule has 0 radical (unpaired) electrons. The van der Waals surface area contributed by atoms with Gasteiger partial charge in [-0.25, -0.2) is 17.2 Å². The topological polar surface area (TPSA) is 52.7 Å². The summed E-state index contributed by atoms with van der Waals surface area (Å²) in [6, 6.07) is 10.2. The first-order valence-corrected chi connectivity index (χ1v) is 12.5. The second-order valence-corrected chi connectivity index (χ2v) is 11.2. The van der Waals surface area contributed by atoms with Crippen LogP contribution < -0.4 is 9.62 Å². The zero-order valence-corrected chi connectivity index (χ0v) is 19.8. The van der Waals surface area contributed by atoms with Crippen LogP contribution in [-0.4, -0.2) is 47.6 Å². The number of hydrogen-bond donors (Lipinski definition) is 1. The largest absolute Gasteiger partial charge is 0.376 e. The van der Waals surface area contributed by atoms with Crippen molar-refractivity contribution in [1.29, 1.82) is 0 Å². The van der Waals surface area contributed by atoms with Crippen molar-refractivity contribution in [3.8, 4) is 10.4 Å². The van der Waals surface area contributed by atoms with Crippen LogP contribution in [0.2, 0.25) is 0 Å². The Morgan fingerprint density at radius 2 is 1.69 bits per heavy atom. The van der Waals surface area contributed by atoms with Crippen LogP contribution in [0, 0.1) is 11.6 Å². The summed E-state index contributed by atoms with van der Waals surface area (Å²) in [5.41, 5.74) is 3.84. The standard InChI is InChI=1S/C23H25F2N3O2S2/c1-27(2)21-13-16-9-11-28(3)10-8-15(16)12-20(21)26-32(29,30)23-7-6-22(31-23)18-5-4-17(24)14-19(18)25/h4-7,12-14,26H,8-11H2,1-3H3. The Balaban J connectivity index is 1.67. The van der Waals surface area contributed by atoms with E-state index >= 15 is 0 Å². The number of benzene rings is 2. The van der Waals surface area contributed by atoms with Gasteiger partial charge >= 0.3 is 0 Å². The number of rotatable bonds is 5. The molecule has 0 spiro atoms. The molecular weight excluding hydrogens is 452 g/mol. The number of nitrogens with zero attached hydrogens (tertiary/aromatic N) is 2. The first-order chi connectivity index (χ1) is 15.1. The summed E-state index contributed by atoms with van der Waals surface area (Å²) in [6.45, 7) is 1.88. The van der Waals surface area contributed by atoms with E-state index < -0.39 is 21.7 Å². The summed E-state index contributed by atoms with van der Waals surface area (Å²) in [7, 11) is 1.95. The van der Waals surface area contributed by atoms with Gasteiger partial charge in [-0.2, -0.15) is 0 Å². The van der Waals surface area contributed by atoms with E-state index in [9.17, 15) is 17.2 Å². The lowest BCUT2D eigenvalue weighted by molar-refractivity contribution is 0.352. The van der Waals surface area contributed by atoms with Crippen molar-refractivity contribution in [1.82, 2.24) is 4.90 Å². The lowest BCUT2D eigenvalue weighted by Gasteiger charge is -2.21. The zero-order chi connectivity index (χ0) is 23.0. The highest BCUT2D eigenvalue weighted by molar-refractivity contribution is 7.94. The Hall–Kier alpha value is -2.49. The highest BCUT2D eigenvalue weighted by atomic mass is 32.2. The molecule has 1 aromatic heterocycles. The van der Waals surface area contributed by atoms with Gasteiger partial charge in [0.15, 0.2) is 0 Å². The lowest BCUT2D eigenvalue weighted by atomic mass is 10.0. The molecule has 3 aromatic rings. The quantitative estimate of drug-likeness (QED) is 0.584. The summed E-state index contributed by atoms with van der Waals surface area (Å²) in [5.74, 6) is -1.41. The van der Waals surface area contributed by atoms with E-state index in [-0.39, 0.29) is 9.77 Å². The highest BCUT2D eigenvalue weighted by Gasteiger charge is 2.22. The Morgan fingerprint density at radius 3 is 2.34 bits per heavy atom. The fraction of sp³-hybridized carbons (Fsp3) is 0.304. The van der Waals surface area contributed by atoms with Crippen molar-refractivity contribution in [2.24, 2.45) is 0 Å². The maximum absolute atomic E-state index is 14.1. The SMILES string of the molecule is CN1CCc2cc(NS(=O)(=O)c3ccc(-c4ccc(F)cc4F)s3)c(N(C)C)cc2CC1. The van der Waals surface area contributed by atoms with E-state index in [0.717, 1.165) is 60.7 Å². The molecule has 2 aromatic carbocycles. The Labute approximate surface area is 191 Å². The number of hydrogen-bond acceptors (Lipinski definition) is 5. The number of thiophene rings is 1. The average molecular weight is 478 g/mol. The Morgan fingerprint density at radius 1 is 1.00 bits per heavy atom. The molecular formula is C23H25F2N3O2S2. The predicted octanol–water partition coefficient (Wildman–Crippen LogP) is 4.59. The molecule has 0 amide bonds. The number of halogens is 2. The summed E-state index contributed by atoms with van der Waals surface area (Å²) < 4.78 is 56.5. The summed E-state index contributed by atoms with van der Waals surface area (Å²) in [5, 5.41) is 0. The number of fused-ring (bicyclic) bond motifs is 1. The van der Waals surface area contributed by atoms with Crippen LogP contribution in [0.3, 0.4) is 0 Å². The molecule has 0 fully saturated rings. The molecule has 170 valence electrons. The van der Waals surface area contributed by atoms with Crippen LogP contribution in [0.5, 0.6) is 0 Å². The summed E-state index contributed by atoms with van der Waals surface area (Å²) >= 11 is 0.946. The third-order valence-electron chi connectivity index (χ3n) is 5.61. The van der Waals surface area contributed by atoms with E-state index in [1.165, 1.54) is 23.8 Å². The molecule has 0 saturated carbocycles. The van der Waals surface area contributed by atoms with E-state index in [1.807, 2.05) is 25.1 Å². The van der Waals surface area contributed by atoms with Gasteiger partial charge in [-0.3, -0.25) is 4.72 Å². The van der Waals surface area contributed by atoms with Crippen LogP contribution in [0.15, 0.2) is 46.7 Å². The fourth-order valence-electron chi connectivity index (χ4n) is 3.82. The van der Waals surface area contributed by atoms with E-state index in [0.29, 0.717) is 10.6 Å². The maximum atomic E-state index is 14.1. The minimum Gasteiger partial charge on any atom is -0.376 e. The highest BCUT2D eigenvalue weighted by Crippen LogP contribution is 2.36. The number of likely N-dealkylation sites (N-methyl/N-ethyl adjacent to an activating group) is 1. The molecule has 32 heavy (non-hydrogen) atoms. The molecule has 1 aliphatic heterocycles. The molecule has 9 heteroatoms. The predicted molar refractivity (Wildman–Crippen MR) is 126 cm³/mol. The lowest BCUT2D eigenvalue weighted by Crippen LogP contribution is -2.20. The van der Waals surface area contributed by atoms with Crippen LogP contribution in [0.25, 0.3) is 10.4 Å². The van der Waals surface area contributed by atoms with Gasteiger partial charge in [-0.1, -0.05) is 0 Å². The maximum Gasteiger partial charge on any atom is 0.271 e. The van der Waals surface area contributed by atoms with Gasteiger partial charge in [0.2, 0.25) is 0 Å². The smallest absolute Gasteiger partial charge is 0.271 e. The number of anilines is 2. The minimum atomic E-state index is -3.89. The molecule has 0 saturated heterocycles. The van der Waals surface area contributed by atoms with Crippen molar-refractivity contribution in [2.45, 2.75) is 17.1 Å². The third-order valence-corrected chi connectivity index (χ3v) is 8.59. The molecule has 2 heterocycles. The van der Waals surface area contributed by atoms with Gasteiger partial charge in [0.05, 0.1) is 11.4 Å². The van der Waals surface area contributed by atoms with Gasteiger partial charge in [0, 0.05) is 43.7 Å². The number of nitrogens with one attached hydrogen (secondary N) is 1. The zero-order valence-electron chi connectivity index (χ0n) is 18.2. The fourth-order valence-corrected chi connectivity index (χ4v) is 6.22. The molecule has 0 aliphatic carbocycles. The molecule has 0 unspecified atom stereocenters. The Kier molecular flexibility index (Phi) is 6.24. The van der Waals surface area contributed by atoms with Crippen molar-refractivity contribution in [3.05, 3.63) is 65.2 Å². The Bertz CT molecular complexity index is 1260. The van der Waals surface area contributed by atoms with Crippen molar-refractivity contribution >= 4 is 32.7 Å². The number of sulfonamides is 1. The van der Waals surface area contributed by atoms with Crippen molar-refractivity contribution in [3.63, 3.8) is 0 Å². The molecule has 0 bridgehead atoms. The normalized spacial score (nSPS) is 14.7. The summed E-state index contributed by atoms with van der Waals surface area (Å²) in [4.78, 5) is 4.57. The van der Waals surface area contributed by atoms with Gasteiger partial charge in [-0.15, -0.1) is 11.3 Å². The second-order valence-electron chi connectivity index (χ2n) is 8.18. The molecule has 1 aliphatic rings. The van der Waals surface area contributed by atoms with E-state index in [1.54, 1.807) is 0 Å². The second kappa shape index (κ2) is 8.80. The van der Waals surface area contributed by atoms with Crippen LogP contribution >= 0.6 is 11.3 Å². The molecule has 4 rings (SSSR count). The van der Waals surface area contributed by atoms with Gasteiger partial charge < -0.3 is 9.80 Å². The molecule has 1 N–H and O–H groups in total. The first kappa shape index (κ1) is 22.7. The average Bonchev–Trinajstić information content (AvgIpc) is 3.14. The van der Waals surface area contributed by atoms with Crippen LogP contribution in [0.4, 0.5) is 20.2 Å².